The van der Waals surface area contributed by atoms with E-state index in [1.54, 1.807) is 27.8 Å². The van der Waals surface area contributed by atoms with Crippen molar-refractivity contribution in [1.82, 2.24) is 19.7 Å². The molecule has 0 bridgehead atoms. The van der Waals surface area contributed by atoms with Gasteiger partial charge in [-0.2, -0.15) is 5.10 Å². The van der Waals surface area contributed by atoms with E-state index in [2.05, 4.69) is 15.4 Å². The maximum absolute atomic E-state index is 12.2. The lowest BCUT2D eigenvalue weighted by molar-refractivity contribution is -0.127. The highest BCUT2D eigenvalue weighted by Gasteiger charge is 2.13. The van der Waals surface area contributed by atoms with Crippen LogP contribution in [0.3, 0.4) is 0 Å². The van der Waals surface area contributed by atoms with Gasteiger partial charge in [0.2, 0.25) is 11.8 Å². The number of thioether (sulfide) groups is 1. The predicted molar refractivity (Wildman–Crippen MR) is 100 cm³/mol. The molecule has 0 aliphatic rings. The second-order valence-electron chi connectivity index (χ2n) is 5.11. The van der Waals surface area contributed by atoms with Gasteiger partial charge in [0.1, 0.15) is 12.7 Å². The summed E-state index contributed by atoms with van der Waals surface area (Å²) in [5.74, 6) is 0.284. The van der Waals surface area contributed by atoms with Crippen LogP contribution in [0.4, 0.5) is 5.69 Å². The van der Waals surface area contributed by atoms with Gasteiger partial charge in [0.05, 0.1) is 22.9 Å². The Hall–Kier alpha value is -2.06. The molecular weight excluding hydrogens is 362 g/mol. The zero-order valence-electron chi connectivity index (χ0n) is 14.1. The molecule has 0 fully saturated rings. The van der Waals surface area contributed by atoms with Crippen LogP contribution >= 0.6 is 23.4 Å². The summed E-state index contributed by atoms with van der Waals surface area (Å²) < 4.78 is 1.54. The summed E-state index contributed by atoms with van der Waals surface area (Å²) >= 11 is 7.31. The molecule has 0 radical (unpaired) electrons. The van der Waals surface area contributed by atoms with E-state index in [9.17, 15) is 9.59 Å². The van der Waals surface area contributed by atoms with Gasteiger partial charge >= 0.3 is 0 Å². The Morgan fingerprint density at radius 3 is 2.68 bits per heavy atom. The first-order valence-corrected chi connectivity index (χ1v) is 9.38. The number of hydrogen-bond acceptors (Lipinski definition) is 5. The van der Waals surface area contributed by atoms with Crippen LogP contribution in [-0.2, 0) is 9.59 Å². The van der Waals surface area contributed by atoms with Crippen molar-refractivity contribution in [3.8, 4) is 5.69 Å². The number of halogens is 1. The summed E-state index contributed by atoms with van der Waals surface area (Å²) in [6, 6.07) is 5.12. The molecule has 0 saturated heterocycles. The number of carbonyl (C=O) groups is 2. The van der Waals surface area contributed by atoms with Crippen LogP contribution in [0.2, 0.25) is 5.02 Å². The number of anilines is 1. The van der Waals surface area contributed by atoms with Gasteiger partial charge in [-0.05, 0) is 32.0 Å². The molecule has 0 aliphatic heterocycles. The molecular formula is C16H20ClN5O2S. The molecule has 0 spiro atoms. The van der Waals surface area contributed by atoms with Gasteiger partial charge in [0.15, 0.2) is 0 Å². The minimum absolute atomic E-state index is 0.0360. The van der Waals surface area contributed by atoms with Crippen molar-refractivity contribution in [3.63, 3.8) is 0 Å². The van der Waals surface area contributed by atoms with Gasteiger partial charge in [0, 0.05) is 18.1 Å². The molecule has 0 aliphatic carbocycles. The van der Waals surface area contributed by atoms with E-state index in [-0.39, 0.29) is 23.3 Å². The number of nitrogens with zero attached hydrogens (tertiary/aromatic N) is 4. The van der Waals surface area contributed by atoms with Gasteiger partial charge < -0.3 is 10.2 Å². The van der Waals surface area contributed by atoms with Crippen molar-refractivity contribution in [2.45, 2.75) is 13.8 Å². The molecule has 2 aromatic rings. The Kier molecular flexibility index (Phi) is 7.27. The van der Waals surface area contributed by atoms with E-state index in [0.29, 0.717) is 29.5 Å². The maximum atomic E-state index is 12.2. The SMILES string of the molecule is CCN(CC)C(=O)CSCC(=O)Nc1cc(Cl)ccc1-n1cncn1. The van der Waals surface area contributed by atoms with Crippen LogP contribution in [0.25, 0.3) is 5.69 Å². The highest BCUT2D eigenvalue weighted by molar-refractivity contribution is 8.00. The number of nitrogens with one attached hydrogen (secondary N) is 1. The Balaban J connectivity index is 1.95. The third-order valence-electron chi connectivity index (χ3n) is 3.47. The third kappa shape index (κ3) is 5.47. The summed E-state index contributed by atoms with van der Waals surface area (Å²) in [6.45, 7) is 5.21. The molecule has 1 heterocycles. The number of amides is 2. The molecule has 2 amide bonds. The lowest BCUT2D eigenvalue weighted by Gasteiger charge is -2.18. The Morgan fingerprint density at radius 1 is 1.28 bits per heavy atom. The van der Waals surface area contributed by atoms with Crippen LogP contribution in [0, 0.1) is 0 Å². The molecule has 7 nitrogen and oxygen atoms in total. The molecule has 0 saturated carbocycles. The molecule has 1 aromatic heterocycles. The quantitative estimate of drug-likeness (QED) is 0.759. The third-order valence-corrected chi connectivity index (χ3v) is 4.63. The largest absolute Gasteiger partial charge is 0.343 e. The minimum atomic E-state index is -0.207. The van der Waals surface area contributed by atoms with Gasteiger partial charge in [-0.1, -0.05) is 11.6 Å². The number of benzene rings is 1. The van der Waals surface area contributed by atoms with Crippen molar-refractivity contribution in [3.05, 3.63) is 35.9 Å². The first-order valence-electron chi connectivity index (χ1n) is 7.85. The van der Waals surface area contributed by atoms with Crippen LogP contribution in [0.5, 0.6) is 0 Å². The van der Waals surface area contributed by atoms with Gasteiger partial charge in [-0.3, -0.25) is 9.59 Å². The van der Waals surface area contributed by atoms with Crippen LogP contribution in [-0.4, -0.2) is 56.1 Å². The lowest BCUT2D eigenvalue weighted by atomic mass is 10.2. The molecule has 25 heavy (non-hydrogen) atoms. The average Bonchev–Trinajstić information content (AvgIpc) is 3.10. The van der Waals surface area contributed by atoms with Crippen molar-refractivity contribution in [2.75, 3.05) is 29.9 Å². The highest BCUT2D eigenvalue weighted by Crippen LogP contribution is 2.24. The molecule has 0 unspecified atom stereocenters. The average molecular weight is 382 g/mol. The topological polar surface area (TPSA) is 80.1 Å². The fraction of sp³-hybridized carbons (Fsp3) is 0.375. The number of carbonyl (C=O) groups excluding carboxylic acids is 2. The Bertz CT molecular complexity index is 719. The second-order valence-corrected chi connectivity index (χ2v) is 6.53. The fourth-order valence-corrected chi connectivity index (χ4v) is 3.11. The van der Waals surface area contributed by atoms with Gasteiger partial charge in [-0.15, -0.1) is 11.8 Å². The zero-order chi connectivity index (χ0) is 18.2. The highest BCUT2D eigenvalue weighted by atomic mass is 35.5. The summed E-state index contributed by atoms with van der Waals surface area (Å²) in [5.41, 5.74) is 1.21. The summed E-state index contributed by atoms with van der Waals surface area (Å²) in [4.78, 5) is 29.8. The summed E-state index contributed by atoms with van der Waals surface area (Å²) in [7, 11) is 0. The monoisotopic (exact) mass is 381 g/mol. The van der Waals surface area contributed by atoms with Gasteiger partial charge in [0.25, 0.3) is 0 Å². The van der Waals surface area contributed by atoms with Crippen molar-refractivity contribution >= 4 is 40.9 Å². The first kappa shape index (κ1) is 19.3. The van der Waals surface area contributed by atoms with Crippen LogP contribution in [0.1, 0.15) is 13.8 Å². The molecule has 2 rings (SSSR count). The van der Waals surface area contributed by atoms with E-state index in [0.717, 1.165) is 0 Å². The summed E-state index contributed by atoms with van der Waals surface area (Å²) in [5, 5.41) is 7.38. The predicted octanol–water partition coefficient (Wildman–Crippen LogP) is 2.46. The van der Waals surface area contributed by atoms with Crippen molar-refractivity contribution < 1.29 is 9.59 Å². The molecule has 1 aromatic carbocycles. The van der Waals surface area contributed by atoms with Crippen molar-refractivity contribution in [1.29, 1.82) is 0 Å². The lowest BCUT2D eigenvalue weighted by Crippen LogP contribution is -2.32. The first-order chi connectivity index (χ1) is 12.0. The second kappa shape index (κ2) is 9.43. The smallest absolute Gasteiger partial charge is 0.234 e. The molecule has 0 atom stereocenters. The van der Waals surface area contributed by atoms with E-state index in [1.165, 1.54) is 24.4 Å². The van der Waals surface area contributed by atoms with Gasteiger partial charge in [-0.25, -0.2) is 9.67 Å². The van der Waals surface area contributed by atoms with E-state index >= 15 is 0 Å². The van der Waals surface area contributed by atoms with Crippen LogP contribution in [0.15, 0.2) is 30.9 Å². The molecule has 9 heteroatoms. The van der Waals surface area contributed by atoms with Crippen molar-refractivity contribution in [2.24, 2.45) is 0 Å². The molecule has 134 valence electrons. The number of rotatable bonds is 8. The van der Waals surface area contributed by atoms with E-state index in [1.807, 2.05) is 13.8 Å². The van der Waals surface area contributed by atoms with E-state index in [4.69, 9.17) is 11.6 Å². The standard InChI is InChI=1S/C16H20ClN5O2S/c1-3-21(4-2)16(24)9-25-8-15(23)20-13-7-12(17)5-6-14(13)22-11-18-10-19-22/h5-7,10-11H,3-4,8-9H2,1-2H3,(H,20,23). The minimum Gasteiger partial charge on any atom is -0.343 e. The summed E-state index contributed by atoms with van der Waals surface area (Å²) in [6.07, 6.45) is 2.95. The Morgan fingerprint density at radius 2 is 2.04 bits per heavy atom. The maximum Gasteiger partial charge on any atom is 0.234 e. The number of hydrogen-bond donors (Lipinski definition) is 1. The number of aromatic nitrogens is 3. The Labute approximate surface area is 155 Å². The molecule has 1 N–H and O–H groups in total. The van der Waals surface area contributed by atoms with Crippen LogP contribution < -0.4 is 5.32 Å². The van der Waals surface area contributed by atoms with E-state index < -0.39 is 0 Å². The zero-order valence-corrected chi connectivity index (χ0v) is 15.7. The normalized spacial score (nSPS) is 10.5. The fourth-order valence-electron chi connectivity index (χ4n) is 2.23.